The molecule has 2 aliphatic heterocycles. The van der Waals surface area contributed by atoms with E-state index in [9.17, 15) is 9.90 Å². The summed E-state index contributed by atoms with van der Waals surface area (Å²) in [5.74, 6) is 2.35. The van der Waals surface area contributed by atoms with Crippen LogP contribution in [-0.4, -0.2) is 52.5 Å². The summed E-state index contributed by atoms with van der Waals surface area (Å²) >= 11 is 0. The van der Waals surface area contributed by atoms with Gasteiger partial charge < -0.3 is 14.6 Å². The molecule has 1 aromatic heterocycles. The number of phenolic OH excluding ortho intramolecular Hbond substituents is 1. The van der Waals surface area contributed by atoms with Crippen LogP contribution in [0.15, 0.2) is 53.3 Å². The molecule has 0 spiro atoms. The number of piperidine rings is 1. The lowest BCUT2D eigenvalue weighted by Crippen LogP contribution is -2.52. The Bertz CT molecular complexity index is 1320. The first-order chi connectivity index (χ1) is 17.5. The summed E-state index contributed by atoms with van der Waals surface area (Å²) < 4.78 is 14.6. The summed E-state index contributed by atoms with van der Waals surface area (Å²) in [4.78, 5) is 17.7. The molecular weight excluding hydrogens is 458 g/mol. The molecule has 1 fully saturated rings. The molecule has 36 heavy (non-hydrogen) atoms. The largest absolute Gasteiger partial charge is 0.502 e. The van der Waals surface area contributed by atoms with Crippen LogP contribution in [0.3, 0.4) is 0 Å². The van der Waals surface area contributed by atoms with Gasteiger partial charge in [-0.3, -0.25) is 14.7 Å². The van der Waals surface area contributed by atoms with Crippen LogP contribution in [0.4, 0.5) is 5.95 Å². The van der Waals surface area contributed by atoms with Crippen molar-refractivity contribution in [1.82, 2.24) is 14.9 Å². The minimum atomic E-state index is -0.567. The van der Waals surface area contributed by atoms with Gasteiger partial charge in [-0.2, -0.15) is 0 Å². The van der Waals surface area contributed by atoms with Crippen LogP contribution < -0.4 is 25.7 Å². The Morgan fingerprint density at radius 3 is 2.39 bits per heavy atom. The third kappa shape index (κ3) is 4.60. The number of phenols is 1. The Hall–Kier alpha value is -4.01. The number of hydrogen-bond acceptors (Lipinski definition) is 5. The molecule has 1 saturated heterocycles. The van der Waals surface area contributed by atoms with Gasteiger partial charge in [-0.05, 0) is 49.8 Å². The smallest absolute Gasteiger partial charge is 0.355 e. The van der Waals surface area contributed by atoms with Gasteiger partial charge in [0.05, 0.1) is 27.3 Å². The molecule has 3 heterocycles. The van der Waals surface area contributed by atoms with Crippen LogP contribution in [0, 0.1) is 12.8 Å². The first-order valence-corrected chi connectivity index (χ1v) is 12.2. The van der Waals surface area contributed by atoms with Crippen molar-refractivity contribution in [1.29, 1.82) is 0 Å². The lowest BCUT2D eigenvalue weighted by Gasteiger charge is -2.30. The second-order valence-electron chi connectivity index (χ2n) is 9.34. The molecule has 3 N–H and O–H groups in total. The number of anilines is 1. The molecule has 5 rings (SSSR count). The molecule has 0 bridgehead atoms. The summed E-state index contributed by atoms with van der Waals surface area (Å²) in [6, 6.07) is 15.6. The van der Waals surface area contributed by atoms with Gasteiger partial charge in [0.1, 0.15) is 0 Å². The van der Waals surface area contributed by atoms with Crippen molar-refractivity contribution in [3.05, 3.63) is 75.7 Å². The summed E-state index contributed by atoms with van der Waals surface area (Å²) in [6.07, 6.45) is 2.66. The van der Waals surface area contributed by atoms with Gasteiger partial charge in [0.15, 0.2) is 17.7 Å². The average Bonchev–Trinajstić information content (AvgIpc) is 2.89. The van der Waals surface area contributed by atoms with Gasteiger partial charge in [0.2, 0.25) is 5.75 Å². The highest BCUT2D eigenvalue weighted by atomic mass is 16.5. The van der Waals surface area contributed by atoms with Gasteiger partial charge in [-0.15, -0.1) is 0 Å². The fourth-order valence-electron chi connectivity index (χ4n) is 5.06. The van der Waals surface area contributed by atoms with E-state index in [4.69, 9.17) is 9.47 Å². The number of guanidine groups is 1. The quantitative estimate of drug-likeness (QED) is 0.473. The van der Waals surface area contributed by atoms with Gasteiger partial charge in [-0.25, -0.2) is 14.9 Å². The zero-order valence-corrected chi connectivity index (χ0v) is 20.8. The highest BCUT2D eigenvalue weighted by Gasteiger charge is 2.35. The zero-order chi connectivity index (χ0) is 25.2. The number of ether oxygens (including phenoxy) is 2. The van der Waals surface area contributed by atoms with E-state index in [0.717, 1.165) is 38.3 Å². The van der Waals surface area contributed by atoms with E-state index in [1.54, 1.807) is 16.7 Å². The number of fused-ring (bicyclic) bond motifs is 1. The number of rotatable bonds is 5. The maximum atomic E-state index is 13.1. The van der Waals surface area contributed by atoms with E-state index in [1.807, 2.05) is 6.92 Å². The van der Waals surface area contributed by atoms with Gasteiger partial charge in [0.25, 0.3) is 11.5 Å². The first kappa shape index (κ1) is 23.7. The molecular formula is C27H32N5O4+. The Balaban J connectivity index is 1.48. The number of benzene rings is 2. The van der Waals surface area contributed by atoms with E-state index in [1.165, 1.54) is 25.8 Å². The summed E-state index contributed by atoms with van der Waals surface area (Å²) in [7, 11) is 2.96. The lowest BCUT2D eigenvalue weighted by molar-refractivity contribution is -0.543. The van der Waals surface area contributed by atoms with Crippen LogP contribution >= 0.6 is 0 Å². The molecule has 9 heteroatoms. The van der Waals surface area contributed by atoms with Gasteiger partial charge >= 0.3 is 5.96 Å². The van der Waals surface area contributed by atoms with E-state index in [-0.39, 0.29) is 22.8 Å². The highest BCUT2D eigenvalue weighted by Crippen LogP contribution is 2.39. The second kappa shape index (κ2) is 9.93. The van der Waals surface area contributed by atoms with Gasteiger partial charge in [-0.1, -0.05) is 30.3 Å². The molecule has 0 radical (unpaired) electrons. The molecule has 1 atom stereocenters. The van der Waals surface area contributed by atoms with Crippen molar-refractivity contribution in [3.63, 3.8) is 0 Å². The fourth-order valence-corrected chi connectivity index (χ4v) is 5.06. The Morgan fingerprint density at radius 2 is 1.75 bits per heavy atom. The van der Waals surface area contributed by atoms with Crippen LogP contribution in [0.5, 0.6) is 17.2 Å². The standard InChI is InChI=1S/C27H31N5O4/c1-17-13-23(33)32-25(20-15-21(35-2)24(34)22(16-20)36-3)29-26(30-27(32)28-17)31-11-9-19(10-12-31)14-18-7-5-4-6-8-18/h4-8,13,15-16,19,25H,9-12,14H2,1-3H3,(H2,28,29,30,33,34)/p+1. The summed E-state index contributed by atoms with van der Waals surface area (Å²) in [6.45, 7) is 3.58. The Labute approximate surface area is 210 Å². The third-order valence-corrected chi connectivity index (χ3v) is 6.96. The topological polar surface area (TPSA) is 101 Å². The predicted octanol–water partition coefficient (Wildman–Crippen LogP) is 2.86. The van der Waals surface area contributed by atoms with Gasteiger partial charge in [0, 0.05) is 17.3 Å². The molecule has 0 amide bonds. The fraction of sp³-hybridized carbons (Fsp3) is 0.370. The molecule has 3 aromatic rings. The molecule has 0 saturated carbocycles. The number of aryl methyl sites for hydroxylation is 1. The lowest BCUT2D eigenvalue weighted by atomic mass is 9.91. The van der Waals surface area contributed by atoms with E-state index in [2.05, 4.69) is 50.5 Å². The van der Waals surface area contributed by atoms with Crippen LogP contribution in [-0.2, 0) is 6.42 Å². The second-order valence-corrected chi connectivity index (χ2v) is 9.34. The highest BCUT2D eigenvalue weighted by molar-refractivity contribution is 5.90. The van der Waals surface area contributed by atoms with Crippen molar-refractivity contribution >= 4 is 11.9 Å². The number of hydrogen-bond donors (Lipinski definition) is 3. The van der Waals surface area contributed by atoms with E-state index < -0.39 is 6.17 Å². The molecule has 188 valence electrons. The predicted molar refractivity (Wildman–Crippen MR) is 137 cm³/mol. The number of nitrogens with one attached hydrogen (secondary N) is 2. The minimum Gasteiger partial charge on any atom is -0.502 e. The van der Waals surface area contributed by atoms with Crippen molar-refractivity contribution in [2.24, 2.45) is 5.92 Å². The van der Waals surface area contributed by atoms with Crippen LogP contribution in [0.1, 0.15) is 35.8 Å². The van der Waals surface area contributed by atoms with Crippen molar-refractivity contribution < 1.29 is 19.2 Å². The summed E-state index contributed by atoms with van der Waals surface area (Å²) in [5.41, 5.74) is 2.53. The summed E-state index contributed by atoms with van der Waals surface area (Å²) in [5, 5.41) is 17.3. The number of aromatic nitrogens is 2. The number of aromatic hydroxyl groups is 1. The first-order valence-electron chi connectivity index (χ1n) is 12.2. The number of methoxy groups -OCH3 is 2. The number of nitrogens with zero attached hydrogens (tertiary/aromatic N) is 3. The van der Waals surface area contributed by atoms with E-state index >= 15 is 0 Å². The van der Waals surface area contributed by atoms with Crippen LogP contribution in [0.2, 0.25) is 0 Å². The Morgan fingerprint density at radius 1 is 1.08 bits per heavy atom. The normalized spacial score (nSPS) is 19.2. The molecule has 1 unspecified atom stereocenters. The van der Waals surface area contributed by atoms with Crippen molar-refractivity contribution in [3.8, 4) is 17.2 Å². The average molecular weight is 491 g/mol. The molecule has 0 aliphatic carbocycles. The molecule has 2 aliphatic rings. The third-order valence-electron chi connectivity index (χ3n) is 6.96. The van der Waals surface area contributed by atoms with Crippen LogP contribution in [0.25, 0.3) is 0 Å². The zero-order valence-electron chi connectivity index (χ0n) is 20.8. The Kier molecular flexibility index (Phi) is 6.54. The SMILES string of the molecule is COc1cc(C2NC(=[N+]3CCC(Cc4ccccc4)CC3)Nc3nc(C)cc(=O)n32)cc(OC)c1O. The van der Waals surface area contributed by atoms with Crippen molar-refractivity contribution in [2.45, 2.75) is 32.4 Å². The molecule has 9 nitrogen and oxygen atoms in total. The maximum absolute atomic E-state index is 13.1. The monoisotopic (exact) mass is 490 g/mol. The maximum Gasteiger partial charge on any atom is 0.355 e. The van der Waals surface area contributed by atoms with Crippen molar-refractivity contribution in [2.75, 3.05) is 32.6 Å². The molecule has 2 aromatic carbocycles. The minimum absolute atomic E-state index is 0.0861. The van der Waals surface area contributed by atoms with E-state index in [0.29, 0.717) is 23.1 Å².